The fourth-order valence-electron chi connectivity index (χ4n) is 1.68. The maximum atomic E-state index is 12.0. The fraction of sp³-hybridized carbons (Fsp3) is 0.462. The topological polar surface area (TPSA) is 67.2 Å². The summed E-state index contributed by atoms with van der Waals surface area (Å²) in [4.78, 5) is 12.0. The quantitative estimate of drug-likeness (QED) is 0.545. The fourth-order valence-corrected chi connectivity index (χ4v) is 2.37. The summed E-state index contributed by atoms with van der Waals surface area (Å²) in [5.74, 6) is 6.84. The number of hydrazine groups is 1. The number of aryl methyl sites for hydroxylation is 1. The first-order valence-corrected chi connectivity index (χ1v) is 7.32. The first-order valence-electron chi connectivity index (χ1n) is 5.93. The summed E-state index contributed by atoms with van der Waals surface area (Å²) in [6.45, 7) is 4.76. The van der Waals surface area contributed by atoms with Crippen molar-refractivity contribution in [3.8, 4) is 0 Å². The Morgan fingerprint density at radius 3 is 2.83 bits per heavy atom. The highest BCUT2D eigenvalue weighted by Gasteiger charge is 2.11. The number of benzene rings is 1. The minimum atomic E-state index is -0.0871. The van der Waals surface area contributed by atoms with E-state index in [-0.39, 0.29) is 5.91 Å². The molecule has 1 aromatic carbocycles. The van der Waals surface area contributed by atoms with Gasteiger partial charge in [-0.3, -0.25) is 10.6 Å². The van der Waals surface area contributed by atoms with Crippen molar-refractivity contribution in [2.24, 2.45) is 11.8 Å². The molecule has 1 unspecified atom stereocenters. The molecule has 0 aliphatic rings. The number of carbonyl (C=O) groups excluding carboxylic acids is 1. The normalized spacial score (nSPS) is 12.0. The van der Waals surface area contributed by atoms with Crippen molar-refractivity contribution in [1.29, 1.82) is 0 Å². The standard InChI is InChI=1S/C13H21N3OS/c1-9-4-5-11(12(6-9)16-14)13(17)15-7-10(2)8-18-3/h4-6,10,16H,7-8,14H2,1-3H3,(H,15,17). The van der Waals surface area contributed by atoms with E-state index in [1.807, 2.05) is 19.1 Å². The van der Waals surface area contributed by atoms with Crippen LogP contribution in [0.1, 0.15) is 22.8 Å². The predicted molar refractivity (Wildman–Crippen MR) is 78.9 cm³/mol. The van der Waals surface area contributed by atoms with Crippen LogP contribution in [0.15, 0.2) is 18.2 Å². The molecule has 0 fully saturated rings. The van der Waals surface area contributed by atoms with Crippen LogP contribution in [-0.2, 0) is 0 Å². The van der Waals surface area contributed by atoms with Crippen molar-refractivity contribution in [3.63, 3.8) is 0 Å². The third-order valence-electron chi connectivity index (χ3n) is 2.64. The second-order valence-corrected chi connectivity index (χ2v) is 5.37. The smallest absolute Gasteiger partial charge is 0.253 e. The zero-order valence-electron chi connectivity index (χ0n) is 11.1. The molecule has 0 bridgehead atoms. The molecule has 5 heteroatoms. The molecule has 0 saturated carbocycles. The van der Waals surface area contributed by atoms with Gasteiger partial charge in [0.25, 0.3) is 5.91 Å². The van der Waals surface area contributed by atoms with Crippen LogP contribution < -0.4 is 16.6 Å². The first-order chi connectivity index (χ1) is 8.58. The van der Waals surface area contributed by atoms with Crippen LogP contribution >= 0.6 is 11.8 Å². The summed E-state index contributed by atoms with van der Waals surface area (Å²) in [5.41, 5.74) is 4.87. The van der Waals surface area contributed by atoms with Gasteiger partial charge in [0.05, 0.1) is 11.3 Å². The van der Waals surface area contributed by atoms with Gasteiger partial charge in [0.2, 0.25) is 0 Å². The molecular formula is C13H21N3OS. The highest BCUT2D eigenvalue weighted by Crippen LogP contribution is 2.16. The average Bonchev–Trinajstić information content (AvgIpc) is 2.36. The summed E-state index contributed by atoms with van der Waals surface area (Å²) < 4.78 is 0. The molecule has 1 aromatic rings. The summed E-state index contributed by atoms with van der Waals surface area (Å²) >= 11 is 1.78. The number of anilines is 1. The van der Waals surface area contributed by atoms with Crippen LogP contribution in [-0.4, -0.2) is 24.5 Å². The molecule has 0 spiro atoms. The molecule has 4 nitrogen and oxygen atoms in total. The Labute approximate surface area is 113 Å². The van der Waals surface area contributed by atoms with Crippen molar-refractivity contribution in [2.45, 2.75) is 13.8 Å². The van der Waals surface area contributed by atoms with Gasteiger partial charge in [-0.15, -0.1) is 0 Å². The highest BCUT2D eigenvalue weighted by molar-refractivity contribution is 7.98. The Bertz CT molecular complexity index is 409. The monoisotopic (exact) mass is 267 g/mol. The molecule has 0 radical (unpaired) electrons. The molecule has 4 N–H and O–H groups in total. The predicted octanol–water partition coefficient (Wildman–Crippen LogP) is 2.01. The molecule has 0 heterocycles. The van der Waals surface area contributed by atoms with Crippen LogP contribution in [0.5, 0.6) is 0 Å². The van der Waals surface area contributed by atoms with Gasteiger partial charge in [-0.1, -0.05) is 13.0 Å². The number of nitrogens with one attached hydrogen (secondary N) is 2. The molecule has 0 aromatic heterocycles. The Morgan fingerprint density at radius 2 is 2.22 bits per heavy atom. The second-order valence-electron chi connectivity index (χ2n) is 4.46. The number of hydrogen-bond donors (Lipinski definition) is 3. The number of carbonyl (C=O) groups is 1. The maximum absolute atomic E-state index is 12.0. The van der Waals surface area contributed by atoms with Gasteiger partial charge < -0.3 is 10.7 Å². The van der Waals surface area contributed by atoms with E-state index < -0.39 is 0 Å². The van der Waals surface area contributed by atoms with E-state index in [9.17, 15) is 4.79 Å². The largest absolute Gasteiger partial charge is 0.352 e. The minimum absolute atomic E-state index is 0.0871. The van der Waals surface area contributed by atoms with Gasteiger partial charge in [0, 0.05) is 6.54 Å². The number of nitrogen functional groups attached to an aromatic ring is 1. The lowest BCUT2D eigenvalue weighted by Crippen LogP contribution is -2.30. The zero-order chi connectivity index (χ0) is 13.5. The summed E-state index contributed by atoms with van der Waals surface area (Å²) in [6, 6.07) is 5.56. The molecule has 1 amide bonds. The molecule has 1 atom stereocenters. The molecule has 18 heavy (non-hydrogen) atoms. The van der Waals surface area contributed by atoms with Crippen molar-refractivity contribution in [1.82, 2.24) is 5.32 Å². The summed E-state index contributed by atoms with van der Waals surface area (Å²) in [7, 11) is 0. The van der Waals surface area contributed by atoms with E-state index in [0.717, 1.165) is 11.3 Å². The first kappa shape index (κ1) is 14.9. The van der Waals surface area contributed by atoms with E-state index in [2.05, 4.69) is 23.9 Å². The number of amides is 1. The number of rotatable bonds is 6. The number of nitrogens with two attached hydrogens (primary N) is 1. The Hall–Kier alpha value is -1.20. The molecule has 0 saturated heterocycles. The third-order valence-corrected chi connectivity index (χ3v) is 3.54. The second kappa shape index (κ2) is 7.28. The van der Waals surface area contributed by atoms with Crippen LogP contribution in [0.2, 0.25) is 0 Å². The van der Waals surface area contributed by atoms with Crippen LogP contribution in [0.4, 0.5) is 5.69 Å². The summed E-state index contributed by atoms with van der Waals surface area (Å²) in [5, 5.41) is 2.93. The van der Waals surface area contributed by atoms with Gasteiger partial charge in [0.15, 0.2) is 0 Å². The van der Waals surface area contributed by atoms with E-state index in [1.54, 1.807) is 17.8 Å². The van der Waals surface area contributed by atoms with E-state index in [0.29, 0.717) is 23.7 Å². The van der Waals surface area contributed by atoms with Crippen molar-refractivity contribution >= 4 is 23.4 Å². The van der Waals surface area contributed by atoms with Crippen molar-refractivity contribution < 1.29 is 4.79 Å². The van der Waals surface area contributed by atoms with Crippen LogP contribution in [0.3, 0.4) is 0 Å². The lowest BCUT2D eigenvalue weighted by Gasteiger charge is -2.13. The van der Waals surface area contributed by atoms with Crippen LogP contribution in [0, 0.1) is 12.8 Å². The highest BCUT2D eigenvalue weighted by atomic mass is 32.2. The number of thioether (sulfide) groups is 1. The van der Waals surface area contributed by atoms with Gasteiger partial charge in [0.1, 0.15) is 0 Å². The van der Waals surface area contributed by atoms with Gasteiger partial charge in [-0.2, -0.15) is 11.8 Å². The van der Waals surface area contributed by atoms with Gasteiger partial charge in [-0.05, 0) is 42.5 Å². The minimum Gasteiger partial charge on any atom is -0.352 e. The molecular weight excluding hydrogens is 246 g/mol. The summed E-state index contributed by atoms with van der Waals surface area (Å²) in [6.07, 6.45) is 2.06. The number of hydrogen-bond acceptors (Lipinski definition) is 4. The zero-order valence-corrected chi connectivity index (χ0v) is 11.9. The Kier molecular flexibility index (Phi) is 6.01. The van der Waals surface area contributed by atoms with E-state index in [1.165, 1.54) is 0 Å². The van der Waals surface area contributed by atoms with Crippen molar-refractivity contribution in [3.05, 3.63) is 29.3 Å². The van der Waals surface area contributed by atoms with Crippen LogP contribution in [0.25, 0.3) is 0 Å². The SMILES string of the molecule is CSCC(C)CNC(=O)c1ccc(C)cc1NN. The third kappa shape index (κ3) is 4.23. The Morgan fingerprint density at radius 1 is 1.50 bits per heavy atom. The van der Waals surface area contributed by atoms with E-state index >= 15 is 0 Å². The maximum Gasteiger partial charge on any atom is 0.253 e. The lowest BCUT2D eigenvalue weighted by molar-refractivity contribution is 0.0950. The van der Waals surface area contributed by atoms with E-state index in [4.69, 9.17) is 5.84 Å². The lowest BCUT2D eigenvalue weighted by atomic mass is 10.1. The molecule has 0 aliphatic carbocycles. The Balaban J connectivity index is 2.66. The molecule has 1 rings (SSSR count). The molecule has 100 valence electrons. The average molecular weight is 267 g/mol. The van der Waals surface area contributed by atoms with Crippen molar-refractivity contribution in [2.75, 3.05) is 24.0 Å². The molecule has 0 aliphatic heterocycles. The van der Waals surface area contributed by atoms with Gasteiger partial charge in [-0.25, -0.2) is 0 Å². The van der Waals surface area contributed by atoms with Gasteiger partial charge >= 0.3 is 0 Å².